The molecule has 0 unspecified atom stereocenters. The minimum atomic E-state index is 0.289. The molecule has 0 N–H and O–H groups in total. The fraction of sp³-hybridized carbons (Fsp3) is 0.440. The number of ether oxygens (including phenoxy) is 2. The zero-order chi connectivity index (χ0) is 21.8. The Labute approximate surface area is 184 Å². The minimum absolute atomic E-state index is 0.289. The van der Waals surface area contributed by atoms with E-state index >= 15 is 0 Å². The third kappa shape index (κ3) is 5.14. The topological polar surface area (TPSA) is 60.6 Å². The Morgan fingerprint density at radius 3 is 2.61 bits per heavy atom. The number of pyridine rings is 1. The van der Waals surface area contributed by atoms with E-state index in [2.05, 4.69) is 22.9 Å². The minimum Gasteiger partial charge on any atom is -0.496 e. The van der Waals surface area contributed by atoms with Crippen LogP contribution in [0.1, 0.15) is 41.1 Å². The molecule has 1 aliphatic rings. The first-order chi connectivity index (χ1) is 15.0. The third-order valence-corrected chi connectivity index (χ3v) is 5.97. The number of piperidine rings is 1. The van der Waals surface area contributed by atoms with Gasteiger partial charge >= 0.3 is 0 Å². The lowest BCUT2D eigenvalue weighted by molar-refractivity contribution is -0.00546. The number of oxazole rings is 1. The van der Waals surface area contributed by atoms with E-state index in [1.807, 2.05) is 44.3 Å². The average Bonchev–Trinajstić information content (AvgIpc) is 3.15. The van der Waals surface area contributed by atoms with Crippen molar-refractivity contribution in [2.75, 3.05) is 20.2 Å². The molecule has 0 radical (unpaired) electrons. The van der Waals surface area contributed by atoms with Crippen molar-refractivity contribution < 1.29 is 13.9 Å². The van der Waals surface area contributed by atoms with Gasteiger partial charge < -0.3 is 13.9 Å². The Balaban J connectivity index is 1.35. The van der Waals surface area contributed by atoms with Crippen molar-refractivity contribution in [1.82, 2.24) is 14.9 Å². The molecule has 1 fully saturated rings. The van der Waals surface area contributed by atoms with Gasteiger partial charge in [-0.25, -0.2) is 4.98 Å². The van der Waals surface area contributed by atoms with Crippen LogP contribution < -0.4 is 4.74 Å². The molecule has 0 spiro atoms. The van der Waals surface area contributed by atoms with Crippen LogP contribution in [0.3, 0.4) is 0 Å². The molecule has 31 heavy (non-hydrogen) atoms. The van der Waals surface area contributed by atoms with Crippen LogP contribution in [-0.2, 0) is 17.9 Å². The maximum Gasteiger partial charge on any atom is 0.226 e. The molecule has 0 aliphatic carbocycles. The molecule has 0 bridgehead atoms. The summed E-state index contributed by atoms with van der Waals surface area (Å²) in [6.45, 7) is 9.48. The molecule has 1 aromatic carbocycles. The van der Waals surface area contributed by atoms with Crippen molar-refractivity contribution in [1.29, 1.82) is 0 Å². The van der Waals surface area contributed by atoms with Gasteiger partial charge in [-0.1, -0.05) is 6.07 Å². The predicted molar refractivity (Wildman–Crippen MR) is 120 cm³/mol. The number of likely N-dealkylation sites (tertiary alicyclic amines) is 1. The fourth-order valence-electron chi connectivity index (χ4n) is 4.06. The van der Waals surface area contributed by atoms with E-state index < -0.39 is 0 Å². The molecule has 4 rings (SSSR count). The van der Waals surface area contributed by atoms with Gasteiger partial charge in [-0.15, -0.1) is 0 Å². The van der Waals surface area contributed by atoms with Crippen molar-refractivity contribution in [3.8, 4) is 17.2 Å². The predicted octanol–water partition coefficient (Wildman–Crippen LogP) is 4.85. The summed E-state index contributed by atoms with van der Waals surface area (Å²) in [5.41, 5.74) is 5.19. The summed E-state index contributed by atoms with van der Waals surface area (Å²) in [6.07, 6.45) is 4.14. The smallest absolute Gasteiger partial charge is 0.226 e. The van der Waals surface area contributed by atoms with Gasteiger partial charge in [-0.2, -0.15) is 0 Å². The number of hydrogen-bond acceptors (Lipinski definition) is 6. The Bertz CT molecular complexity index is 1010. The second-order valence-corrected chi connectivity index (χ2v) is 8.27. The van der Waals surface area contributed by atoms with Gasteiger partial charge in [-0.05, 0) is 69.0 Å². The zero-order valence-electron chi connectivity index (χ0n) is 18.9. The molecule has 164 valence electrons. The van der Waals surface area contributed by atoms with Gasteiger partial charge in [0.15, 0.2) is 0 Å². The number of methoxy groups -OCH3 is 1. The van der Waals surface area contributed by atoms with Crippen LogP contribution in [0.4, 0.5) is 0 Å². The maximum absolute atomic E-state index is 6.06. The Kier molecular flexibility index (Phi) is 6.68. The number of aryl methyl sites for hydroxylation is 3. The molecule has 3 aromatic rings. The number of benzene rings is 1. The second kappa shape index (κ2) is 9.62. The highest BCUT2D eigenvalue weighted by Crippen LogP contribution is 2.31. The molecule has 2 aromatic heterocycles. The third-order valence-electron chi connectivity index (χ3n) is 5.97. The van der Waals surface area contributed by atoms with Crippen LogP contribution in [0.5, 0.6) is 5.75 Å². The standard InChI is InChI=1S/C25H31N3O3/c1-17-14-24(29-4)18(2)13-22(17)25-27-23(19(3)31-25)15-28-11-8-21(9-12-28)30-16-20-7-5-6-10-26-20/h5-7,10,13-14,21H,8-9,11-12,15-16H2,1-4H3. The zero-order valence-corrected chi connectivity index (χ0v) is 18.9. The summed E-state index contributed by atoms with van der Waals surface area (Å²) < 4.78 is 17.5. The van der Waals surface area contributed by atoms with Gasteiger partial charge in [0.05, 0.1) is 31.2 Å². The van der Waals surface area contributed by atoms with E-state index in [1.54, 1.807) is 7.11 Å². The van der Waals surface area contributed by atoms with Gasteiger partial charge in [0.2, 0.25) is 5.89 Å². The van der Waals surface area contributed by atoms with E-state index in [1.165, 1.54) is 0 Å². The summed E-state index contributed by atoms with van der Waals surface area (Å²) in [5, 5.41) is 0. The van der Waals surface area contributed by atoms with Crippen molar-refractivity contribution in [2.45, 2.75) is 52.9 Å². The van der Waals surface area contributed by atoms with Crippen molar-refractivity contribution >= 4 is 0 Å². The molecule has 6 heteroatoms. The monoisotopic (exact) mass is 421 g/mol. The van der Waals surface area contributed by atoms with Gasteiger partial charge in [0.1, 0.15) is 11.5 Å². The lowest BCUT2D eigenvalue weighted by Gasteiger charge is -2.31. The highest BCUT2D eigenvalue weighted by Gasteiger charge is 2.22. The summed E-state index contributed by atoms with van der Waals surface area (Å²) in [4.78, 5) is 11.6. The van der Waals surface area contributed by atoms with Crippen LogP contribution in [0.15, 0.2) is 40.9 Å². The SMILES string of the molecule is COc1cc(C)c(-c2nc(CN3CCC(OCc4ccccn4)CC3)c(C)o2)cc1C. The first kappa shape index (κ1) is 21.5. The summed E-state index contributed by atoms with van der Waals surface area (Å²) in [7, 11) is 1.70. The quantitative estimate of drug-likeness (QED) is 0.543. The number of rotatable bonds is 7. The maximum atomic E-state index is 6.06. The van der Waals surface area contributed by atoms with Gasteiger partial charge in [0, 0.05) is 31.4 Å². The summed E-state index contributed by atoms with van der Waals surface area (Å²) >= 11 is 0. The normalized spacial score (nSPS) is 15.4. The molecule has 0 atom stereocenters. The summed E-state index contributed by atoms with van der Waals surface area (Å²) in [6, 6.07) is 10.1. The van der Waals surface area contributed by atoms with Crippen LogP contribution in [0, 0.1) is 20.8 Å². The van der Waals surface area contributed by atoms with E-state index in [4.69, 9.17) is 18.9 Å². The van der Waals surface area contributed by atoms with Crippen molar-refractivity contribution in [3.05, 3.63) is 64.8 Å². The lowest BCUT2D eigenvalue weighted by Crippen LogP contribution is -2.36. The highest BCUT2D eigenvalue weighted by molar-refractivity contribution is 5.62. The second-order valence-electron chi connectivity index (χ2n) is 8.27. The number of aromatic nitrogens is 2. The van der Waals surface area contributed by atoms with Crippen molar-refractivity contribution in [2.24, 2.45) is 0 Å². The van der Waals surface area contributed by atoms with Crippen LogP contribution >= 0.6 is 0 Å². The van der Waals surface area contributed by atoms with Crippen LogP contribution in [0.25, 0.3) is 11.5 Å². The molecule has 0 saturated carbocycles. The van der Waals surface area contributed by atoms with E-state index in [9.17, 15) is 0 Å². The van der Waals surface area contributed by atoms with Gasteiger partial charge in [-0.3, -0.25) is 9.88 Å². The van der Waals surface area contributed by atoms with E-state index in [0.29, 0.717) is 12.5 Å². The molecule has 1 saturated heterocycles. The molecular weight excluding hydrogens is 390 g/mol. The van der Waals surface area contributed by atoms with E-state index in [-0.39, 0.29) is 6.10 Å². The Morgan fingerprint density at radius 1 is 1.10 bits per heavy atom. The Morgan fingerprint density at radius 2 is 1.90 bits per heavy atom. The highest BCUT2D eigenvalue weighted by atomic mass is 16.5. The number of nitrogens with zero attached hydrogens (tertiary/aromatic N) is 3. The lowest BCUT2D eigenvalue weighted by atomic mass is 10.0. The Hall–Kier alpha value is -2.70. The molecule has 3 heterocycles. The van der Waals surface area contributed by atoms with Crippen LogP contribution in [0.2, 0.25) is 0 Å². The van der Waals surface area contributed by atoms with Crippen molar-refractivity contribution in [3.63, 3.8) is 0 Å². The summed E-state index contributed by atoms with van der Waals surface area (Å²) in [5.74, 6) is 2.46. The fourth-order valence-corrected chi connectivity index (χ4v) is 4.06. The van der Waals surface area contributed by atoms with E-state index in [0.717, 1.165) is 72.1 Å². The molecular formula is C25H31N3O3. The first-order valence-electron chi connectivity index (χ1n) is 10.9. The number of hydrogen-bond donors (Lipinski definition) is 0. The molecule has 6 nitrogen and oxygen atoms in total. The average molecular weight is 422 g/mol. The molecule has 0 amide bonds. The largest absolute Gasteiger partial charge is 0.496 e. The first-order valence-corrected chi connectivity index (χ1v) is 10.9. The van der Waals surface area contributed by atoms with Crippen LogP contribution in [-0.4, -0.2) is 41.2 Å². The van der Waals surface area contributed by atoms with Gasteiger partial charge in [0.25, 0.3) is 0 Å². The molecule has 1 aliphatic heterocycles.